The number of nitrogens with one attached hydrogen (secondary N) is 1. The molecular weight excluding hydrogens is 412 g/mol. The highest BCUT2D eigenvalue weighted by Gasteiger charge is 2.33. The molecule has 2 aliphatic rings. The number of pyridine rings is 1. The van der Waals surface area contributed by atoms with E-state index in [9.17, 15) is 4.79 Å². The minimum Gasteiger partial charge on any atom is -0.439 e. The second-order valence-electron chi connectivity index (χ2n) is 9.64. The summed E-state index contributed by atoms with van der Waals surface area (Å²) in [5.41, 5.74) is 4.49. The number of amides is 1. The summed E-state index contributed by atoms with van der Waals surface area (Å²) in [6.45, 7) is 8.42. The quantitative estimate of drug-likeness (QED) is 0.584. The predicted octanol–water partition coefficient (Wildman–Crippen LogP) is 5.38. The number of ether oxygens (including phenoxy) is 1. The van der Waals surface area contributed by atoms with Crippen LogP contribution in [0.1, 0.15) is 66.6 Å². The molecule has 1 saturated carbocycles. The van der Waals surface area contributed by atoms with Crippen LogP contribution < -0.4 is 10.1 Å². The van der Waals surface area contributed by atoms with Crippen molar-refractivity contribution in [3.8, 4) is 11.6 Å². The van der Waals surface area contributed by atoms with E-state index < -0.39 is 0 Å². The standard InChI is InChI=1S/C27H34N4O2/c1-18-9-7-10-19(2)25(18)33-27-23(26(32)30-16-15-28-20(3)17-30)24-22(13-8-14-29-24)31(27)21-11-5-4-6-12-21/h7-10,13-14,20-21,28H,4-6,11-12,15-17H2,1-3H3/t20-/m0/s1. The Kier molecular flexibility index (Phi) is 6.11. The van der Waals surface area contributed by atoms with E-state index in [-0.39, 0.29) is 11.9 Å². The van der Waals surface area contributed by atoms with Crippen LogP contribution in [0.5, 0.6) is 11.6 Å². The monoisotopic (exact) mass is 446 g/mol. The minimum absolute atomic E-state index is 0.0165. The highest BCUT2D eigenvalue weighted by molar-refractivity contribution is 6.08. The average molecular weight is 447 g/mol. The molecule has 1 amide bonds. The third-order valence-electron chi connectivity index (χ3n) is 7.13. The van der Waals surface area contributed by atoms with Crippen LogP contribution in [0.2, 0.25) is 0 Å². The zero-order valence-corrected chi connectivity index (χ0v) is 19.9. The van der Waals surface area contributed by atoms with Gasteiger partial charge in [-0.05, 0) is 56.9 Å². The van der Waals surface area contributed by atoms with Gasteiger partial charge in [-0.15, -0.1) is 0 Å². The molecule has 0 bridgehead atoms. The topological polar surface area (TPSA) is 59.4 Å². The Morgan fingerprint density at radius 2 is 1.85 bits per heavy atom. The van der Waals surface area contributed by atoms with Crippen LogP contribution in [0, 0.1) is 13.8 Å². The molecule has 1 aliphatic carbocycles. The molecule has 6 heteroatoms. The summed E-state index contributed by atoms with van der Waals surface area (Å²) in [5, 5.41) is 3.44. The number of hydrogen-bond donors (Lipinski definition) is 1. The van der Waals surface area contributed by atoms with Crippen molar-refractivity contribution >= 4 is 16.9 Å². The highest BCUT2D eigenvalue weighted by Crippen LogP contribution is 2.42. The largest absolute Gasteiger partial charge is 0.439 e. The lowest BCUT2D eigenvalue weighted by Crippen LogP contribution is -2.51. The summed E-state index contributed by atoms with van der Waals surface area (Å²) in [5.74, 6) is 1.51. The van der Waals surface area contributed by atoms with Crippen LogP contribution >= 0.6 is 0 Å². The molecule has 1 aliphatic heterocycles. The van der Waals surface area contributed by atoms with E-state index >= 15 is 0 Å². The zero-order valence-electron chi connectivity index (χ0n) is 19.9. The fourth-order valence-electron chi connectivity index (χ4n) is 5.44. The van der Waals surface area contributed by atoms with Crippen molar-refractivity contribution in [2.75, 3.05) is 19.6 Å². The number of aryl methyl sites for hydroxylation is 2. The number of fused-ring (bicyclic) bond motifs is 1. The third kappa shape index (κ3) is 4.12. The summed E-state index contributed by atoms with van der Waals surface area (Å²) in [6, 6.07) is 10.8. The second-order valence-corrected chi connectivity index (χ2v) is 9.64. The molecule has 5 rings (SSSR count). The van der Waals surface area contributed by atoms with Crippen LogP contribution in [0.25, 0.3) is 11.0 Å². The maximum Gasteiger partial charge on any atom is 0.261 e. The van der Waals surface area contributed by atoms with Gasteiger partial charge in [0.25, 0.3) is 5.91 Å². The van der Waals surface area contributed by atoms with Crippen molar-refractivity contribution in [1.29, 1.82) is 0 Å². The van der Waals surface area contributed by atoms with Crippen molar-refractivity contribution < 1.29 is 9.53 Å². The number of para-hydroxylation sites is 1. The molecule has 2 aromatic heterocycles. The average Bonchev–Trinajstić information content (AvgIpc) is 3.15. The Balaban J connectivity index is 1.70. The van der Waals surface area contributed by atoms with Gasteiger partial charge in [0.05, 0.1) is 5.52 Å². The highest BCUT2D eigenvalue weighted by atomic mass is 16.5. The molecule has 1 atom stereocenters. The SMILES string of the molecule is Cc1cccc(C)c1Oc1c(C(=O)N2CCN[C@@H](C)C2)c2ncccc2n1C1CCCCC1. The number of carbonyl (C=O) groups excluding carboxylic acids is 1. The number of hydrogen-bond acceptors (Lipinski definition) is 4. The lowest BCUT2D eigenvalue weighted by Gasteiger charge is -2.32. The smallest absolute Gasteiger partial charge is 0.261 e. The molecule has 1 saturated heterocycles. The molecular formula is C27H34N4O2. The molecule has 1 aromatic carbocycles. The number of benzene rings is 1. The fraction of sp³-hybridized carbons (Fsp3) is 0.481. The molecule has 6 nitrogen and oxygen atoms in total. The van der Waals surface area contributed by atoms with Gasteiger partial charge in [-0.1, -0.05) is 37.5 Å². The summed E-state index contributed by atoms with van der Waals surface area (Å²) < 4.78 is 9.02. The summed E-state index contributed by atoms with van der Waals surface area (Å²) in [6.07, 6.45) is 7.65. The summed E-state index contributed by atoms with van der Waals surface area (Å²) >= 11 is 0. The molecule has 1 N–H and O–H groups in total. The van der Waals surface area contributed by atoms with E-state index in [1.807, 2.05) is 17.0 Å². The Hall–Kier alpha value is -2.86. The van der Waals surface area contributed by atoms with Crippen LogP contribution in [0.15, 0.2) is 36.5 Å². The van der Waals surface area contributed by atoms with Crippen molar-refractivity contribution in [3.63, 3.8) is 0 Å². The lowest BCUT2D eigenvalue weighted by atomic mass is 9.95. The Labute approximate surface area is 195 Å². The Morgan fingerprint density at radius 3 is 2.58 bits per heavy atom. The van der Waals surface area contributed by atoms with Gasteiger partial charge in [-0.25, -0.2) is 0 Å². The number of aromatic nitrogens is 2. The maximum absolute atomic E-state index is 14.0. The van der Waals surface area contributed by atoms with Gasteiger partial charge in [-0.2, -0.15) is 0 Å². The van der Waals surface area contributed by atoms with Crippen LogP contribution in [0.3, 0.4) is 0 Å². The summed E-state index contributed by atoms with van der Waals surface area (Å²) in [7, 11) is 0. The first-order chi connectivity index (χ1) is 16.0. The van der Waals surface area contributed by atoms with E-state index in [4.69, 9.17) is 9.72 Å². The molecule has 174 valence electrons. The van der Waals surface area contributed by atoms with E-state index in [0.29, 0.717) is 30.6 Å². The van der Waals surface area contributed by atoms with Crippen molar-refractivity contribution in [1.82, 2.24) is 19.8 Å². The lowest BCUT2D eigenvalue weighted by molar-refractivity contribution is 0.0707. The van der Waals surface area contributed by atoms with Crippen molar-refractivity contribution in [2.24, 2.45) is 0 Å². The first-order valence-corrected chi connectivity index (χ1v) is 12.3. The minimum atomic E-state index is 0.0165. The fourth-order valence-corrected chi connectivity index (χ4v) is 5.44. The number of rotatable bonds is 4. The van der Waals surface area contributed by atoms with Crippen molar-refractivity contribution in [3.05, 3.63) is 53.2 Å². The number of nitrogens with zero attached hydrogens (tertiary/aromatic N) is 3. The van der Waals surface area contributed by atoms with Gasteiger partial charge in [0.1, 0.15) is 16.8 Å². The van der Waals surface area contributed by atoms with E-state index in [0.717, 1.165) is 47.3 Å². The van der Waals surface area contributed by atoms with Gasteiger partial charge in [-0.3, -0.25) is 9.78 Å². The summed E-state index contributed by atoms with van der Waals surface area (Å²) in [4.78, 5) is 20.7. The van der Waals surface area contributed by atoms with Gasteiger partial charge >= 0.3 is 0 Å². The van der Waals surface area contributed by atoms with E-state index in [1.165, 1.54) is 19.3 Å². The van der Waals surface area contributed by atoms with Crippen molar-refractivity contribution in [2.45, 2.75) is 65.0 Å². The molecule has 0 radical (unpaired) electrons. The van der Waals surface area contributed by atoms with Crippen LogP contribution in [0.4, 0.5) is 0 Å². The normalized spacial score (nSPS) is 19.7. The Bertz CT molecular complexity index is 1140. The van der Waals surface area contributed by atoms with Gasteiger partial charge in [0, 0.05) is 37.9 Å². The third-order valence-corrected chi connectivity index (χ3v) is 7.13. The van der Waals surface area contributed by atoms with E-state index in [1.54, 1.807) is 6.20 Å². The van der Waals surface area contributed by atoms with Crippen LogP contribution in [-0.4, -0.2) is 46.0 Å². The second kappa shape index (κ2) is 9.18. The number of piperazine rings is 1. The first-order valence-electron chi connectivity index (χ1n) is 12.3. The molecule has 3 aromatic rings. The first kappa shape index (κ1) is 22.0. The maximum atomic E-state index is 14.0. The predicted molar refractivity (Wildman–Crippen MR) is 131 cm³/mol. The molecule has 3 heterocycles. The Morgan fingerprint density at radius 1 is 1.09 bits per heavy atom. The zero-order chi connectivity index (χ0) is 22.9. The molecule has 2 fully saturated rings. The van der Waals surface area contributed by atoms with Crippen LogP contribution in [-0.2, 0) is 0 Å². The molecule has 33 heavy (non-hydrogen) atoms. The van der Waals surface area contributed by atoms with E-state index in [2.05, 4.69) is 48.9 Å². The number of carbonyl (C=O) groups is 1. The van der Waals surface area contributed by atoms with Gasteiger partial charge in [0.2, 0.25) is 5.88 Å². The van der Waals surface area contributed by atoms with Gasteiger partial charge < -0.3 is 19.5 Å². The molecule has 0 unspecified atom stereocenters. The molecule has 0 spiro atoms. The van der Waals surface area contributed by atoms with Gasteiger partial charge in [0.15, 0.2) is 0 Å².